The van der Waals surface area contributed by atoms with Crippen LogP contribution >= 0.6 is 11.3 Å². The third-order valence-corrected chi connectivity index (χ3v) is 11.4. The Hall–Kier alpha value is -3.76. The number of hydrogen-bond donors (Lipinski definition) is 2. The van der Waals surface area contributed by atoms with Crippen molar-refractivity contribution in [1.82, 2.24) is 24.8 Å². The Bertz CT molecular complexity index is 1590. The molecule has 4 fully saturated rings. The number of ether oxygens (including phenoxy) is 1. The maximum absolute atomic E-state index is 12.6. The fourth-order valence-corrected chi connectivity index (χ4v) is 9.35. The minimum atomic E-state index is -0.518. The Morgan fingerprint density at radius 2 is 2.09 bits per heavy atom. The summed E-state index contributed by atoms with van der Waals surface area (Å²) in [6, 6.07) is 7.00. The van der Waals surface area contributed by atoms with Crippen LogP contribution in [0, 0.1) is 17.2 Å². The summed E-state index contributed by atoms with van der Waals surface area (Å²) in [5.41, 5.74) is 15.1. The van der Waals surface area contributed by atoms with Gasteiger partial charge in [-0.2, -0.15) is 20.2 Å². The molecule has 4 N–H and O–H groups in total. The van der Waals surface area contributed by atoms with Crippen LogP contribution in [-0.4, -0.2) is 76.9 Å². The molecular weight excluding hydrogens is 579 g/mol. The van der Waals surface area contributed by atoms with E-state index in [2.05, 4.69) is 49.6 Å². The van der Waals surface area contributed by atoms with Crippen LogP contribution in [0.2, 0.25) is 0 Å². The monoisotopic (exact) mass is 618 g/mol. The van der Waals surface area contributed by atoms with Crippen molar-refractivity contribution in [3.05, 3.63) is 39.9 Å². The third-order valence-electron chi connectivity index (χ3n) is 10.3. The molecule has 1 spiro atoms. The van der Waals surface area contributed by atoms with Crippen molar-refractivity contribution < 1.29 is 9.13 Å². The molecule has 3 saturated heterocycles. The molecule has 5 unspecified atom stereocenters. The molecule has 8 rings (SSSR count). The smallest absolute Gasteiger partial charge is 0.322 e. The summed E-state index contributed by atoms with van der Waals surface area (Å²) < 4.78 is 18.1. The van der Waals surface area contributed by atoms with E-state index in [4.69, 9.17) is 21.2 Å². The van der Waals surface area contributed by atoms with Crippen molar-refractivity contribution in [2.45, 2.75) is 69.1 Å². The standard InChI is InChI=1S/C24H27N9OS.C7H12FN/c1-4-33(12(2)13-6-5-7-28-19(13)26)22-29-21(30-23(31-22)34-3)32-10-24(11-32)16-8-14(16)18-17(24)15(9-25)20(27)35-18;8-6-4-7-2-1-3-9(7)5-6/h5-7,12,14,16H,4,8,10-11,27H2,1-3H3,(H2,26,28);6-7H,1-5H2. The largest absolute Gasteiger partial charge is 0.467 e. The van der Waals surface area contributed by atoms with Crippen molar-refractivity contribution >= 4 is 34.1 Å². The van der Waals surface area contributed by atoms with Gasteiger partial charge in [0.05, 0.1) is 18.7 Å². The summed E-state index contributed by atoms with van der Waals surface area (Å²) in [7, 11) is 1.56. The number of nitriles is 1. The highest BCUT2D eigenvalue weighted by molar-refractivity contribution is 7.16. The first kappa shape index (κ1) is 29.0. The molecule has 232 valence electrons. The van der Waals surface area contributed by atoms with Gasteiger partial charge in [0.1, 0.15) is 23.1 Å². The molecule has 1 saturated carbocycles. The minimum Gasteiger partial charge on any atom is -0.467 e. The predicted octanol–water partition coefficient (Wildman–Crippen LogP) is 4.03. The summed E-state index contributed by atoms with van der Waals surface area (Å²) >= 11 is 1.60. The zero-order valence-electron chi connectivity index (χ0n) is 25.4. The topological polar surface area (TPSA) is 146 Å². The van der Waals surface area contributed by atoms with Crippen LogP contribution in [0.25, 0.3) is 0 Å². The number of anilines is 4. The number of nitrogen functional groups attached to an aromatic ring is 2. The van der Waals surface area contributed by atoms with Crippen LogP contribution in [0.1, 0.15) is 73.1 Å². The third kappa shape index (κ3) is 4.61. The molecular formula is C31H39FN10OS. The van der Waals surface area contributed by atoms with Gasteiger partial charge in [0, 0.05) is 54.3 Å². The molecule has 44 heavy (non-hydrogen) atoms. The first-order chi connectivity index (χ1) is 21.3. The number of nitrogens with zero attached hydrogens (tertiary/aromatic N) is 8. The van der Waals surface area contributed by atoms with Crippen molar-refractivity contribution in [2.24, 2.45) is 5.92 Å². The quantitative estimate of drug-likeness (QED) is 0.413. The van der Waals surface area contributed by atoms with Crippen molar-refractivity contribution in [2.75, 3.05) is 61.1 Å². The van der Waals surface area contributed by atoms with E-state index in [-0.39, 0.29) is 17.5 Å². The Balaban J connectivity index is 0.000000296. The molecule has 0 radical (unpaired) electrons. The molecule has 3 aliphatic heterocycles. The van der Waals surface area contributed by atoms with Gasteiger partial charge in [-0.3, -0.25) is 4.90 Å². The molecule has 0 amide bonds. The number of aromatic nitrogens is 4. The van der Waals surface area contributed by atoms with Gasteiger partial charge in [0.15, 0.2) is 0 Å². The molecule has 2 aliphatic carbocycles. The summed E-state index contributed by atoms with van der Waals surface area (Å²) in [6.45, 7) is 8.15. The first-order valence-electron chi connectivity index (χ1n) is 15.5. The lowest BCUT2D eigenvalue weighted by atomic mass is 9.71. The van der Waals surface area contributed by atoms with Crippen LogP contribution in [0.4, 0.5) is 27.1 Å². The van der Waals surface area contributed by atoms with E-state index >= 15 is 0 Å². The van der Waals surface area contributed by atoms with Gasteiger partial charge in [-0.05, 0) is 69.5 Å². The summed E-state index contributed by atoms with van der Waals surface area (Å²) in [5, 5.41) is 10.4. The number of nitrogens with two attached hydrogens (primary N) is 2. The average molecular weight is 619 g/mol. The van der Waals surface area contributed by atoms with E-state index in [9.17, 15) is 9.65 Å². The van der Waals surface area contributed by atoms with Gasteiger partial charge in [0.25, 0.3) is 0 Å². The Labute approximate surface area is 261 Å². The highest BCUT2D eigenvalue weighted by atomic mass is 32.1. The predicted molar refractivity (Wildman–Crippen MR) is 169 cm³/mol. The SMILES string of the molecule is CCN(c1nc(OC)nc(N2CC3(C2)c2c(sc(N)c2C#N)C2CC23)n1)C(C)c1cccnc1N.FC1CC2CCCN2C1. The first-order valence-corrected chi connectivity index (χ1v) is 16.3. The van der Waals surface area contributed by atoms with E-state index in [0.717, 1.165) is 31.6 Å². The highest BCUT2D eigenvalue weighted by Crippen LogP contribution is 2.71. The second kappa shape index (κ2) is 11.0. The zero-order chi connectivity index (χ0) is 30.7. The van der Waals surface area contributed by atoms with Crippen LogP contribution in [0.5, 0.6) is 6.01 Å². The number of hydrogen-bond acceptors (Lipinski definition) is 12. The molecule has 3 aromatic rings. The number of alkyl halides is 1. The van der Waals surface area contributed by atoms with Gasteiger partial charge in [-0.15, -0.1) is 11.3 Å². The molecule has 13 heteroatoms. The van der Waals surface area contributed by atoms with Crippen molar-refractivity contribution in [3.63, 3.8) is 0 Å². The van der Waals surface area contributed by atoms with Gasteiger partial charge in [0.2, 0.25) is 11.9 Å². The lowest BCUT2D eigenvalue weighted by Crippen LogP contribution is -2.61. The second-order valence-corrected chi connectivity index (χ2v) is 13.7. The number of methoxy groups -OCH3 is 1. The Morgan fingerprint density at radius 1 is 1.27 bits per heavy atom. The van der Waals surface area contributed by atoms with Gasteiger partial charge >= 0.3 is 6.01 Å². The minimum absolute atomic E-state index is 0.0406. The van der Waals surface area contributed by atoms with Crippen molar-refractivity contribution in [3.8, 4) is 12.1 Å². The molecule has 0 aromatic carbocycles. The maximum Gasteiger partial charge on any atom is 0.322 e. The van der Waals surface area contributed by atoms with Crippen LogP contribution < -0.4 is 26.0 Å². The second-order valence-electron chi connectivity index (χ2n) is 12.6. The molecule has 6 heterocycles. The van der Waals surface area contributed by atoms with E-state index in [1.165, 1.54) is 29.7 Å². The summed E-state index contributed by atoms with van der Waals surface area (Å²) in [4.78, 5) is 26.0. The Kier molecular flexibility index (Phi) is 7.24. The highest BCUT2D eigenvalue weighted by Gasteiger charge is 2.67. The van der Waals surface area contributed by atoms with Crippen LogP contribution in [0.3, 0.4) is 0 Å². The van der Waals surface area contributed by atoms with E-state index in [1.54, 1.807) is 24.6 Å². The fraction of sp³-hybridized carbons (Fsp3) is 0.581. The lowest BCUT2D eigenvalue weighted by Gasteiger charge is -2.50. The Morgan fingerprint density at radius 3 is 2.80 bits per heavy atom. The summed E-state index contributed by atoms with van der Waals surface area (Å²) in [6.07, 6.45) is 5.67. The average Bonchev–Trinajstić information content (AvgIpc) is 3.20. The number of thiophene rings is 1. The van der Waals surface area contributed by atoms with Crippen molar-refractivity contribution in [1.29, 1.82) is 5.26 Å². The van der Waals surface area contributed by atoms with E-state index in [0.29, 0.717) is 59.2 Å². The molecule has 5 atom stereocenters. The maximum atomic E-state index is 12.6. The molecule has 11 nitrogen and oxygen atoms in total. The van der Waals surface area contributed by atoms with Gasteiger partial charge in [-0.25, -0.2) is 9.37 Å². The number of fused-ring (bicyclic) bond motifs is 6. The molecule has 5 aliphatic rings. The lowest BCUT2D eigenvalue weighted by molar-refractivity contribution is 0.290. The normalized spacial score (nSPS) is 26.1. The van der Waals surface area contributed by atoms with E-state index < -0.39 is 6.17 Å². The number of pyridine rings is 1. The molecule has 3 aromatic heterocycles. The van der Waals surface area contributed by atoms with Crippen LogP contribution in [0.15, 0.2) is 18.3 Å². The van der Waals surface area contributed by atoms with Gasteiger partial charge < -0.3 is 26.0 Å². The van der Waals surface area contributed by atoms with Crippen LogP contribution in [-0.2, 0) is 5.41 Å². The number of halogens is 1. The summed E-state index contributed by atoms with van der Waals surface area (Å²) in [5.74, 6) is 2.72. The number of rotatable bonds is 6. The van der Waals surface area contributed by atoms with Gasteiger partial charge in [-0.1, -0.05) is 6.07 Å². The van der Waals surface area contributed by atoms with E-state index in [1.807, 2.05) is 12.1 Å². The molecule has 0 bridgehead atoms. The zero-order valence-corrected chi connectivity index (χ0v) is 26.2. The fourth-order valence-electron chi connectivity index (χ4n) is 8.05.